The first-order chi connectivity index (χ1) is 13.6. The number of nitrogens with one attached hydrogen (secondary N) is 2. The summed E-state index contributed by atoms with van der Waals surface area (Å²) in [6.45, 7) is 4.08. The Morgan fingerprint density at radius 1 is 1.00 bits per heavy atom. The summed E-state index contributed by atoms with van der Waals surface area (Å²) < 4.78 is 1.92. The summed E-state index contributed by atoms with van der Waals surface area (Å²) in [4.78, 5) is 21.1. The van der Waals surface area contributed by atoms with Crippen molar-refractivity contribution in [2.24, 2.45) is 0 Å². The quantitative estimate of drug-likeness (QED) is 0.561. The zero-order valence-corrected chi connectivity index (χ0v) is 15.5. The molecule has 8 heteroatoms. The van der Waals surface area contributed by atoms with Gasteiger partial charge in [0.25, 0.3) is 0 Å². The second-order valence-electron chi connectivity index (χ2n) is 6.56. The molecule has 0 atom stereocenters. The number of carbonyl (C=O) groups excluding carboxylic acids is 1. The Kier molecular flexibility index (Phi) is 4.67. The first-order valence-electron chi connectivity index (χ1n) is 8.90. The molecule has 0 saturated heterocycles. The minimum absolute atomic E-state index is 0.200. The minimum atomic E-state index is -0.419. The summed E-state index contributed by atoms with van der Waals surface area (Å²) in [6.07, 6.45) is 3.39. The third-order valence-electron chi connectivity index (χ3n) is 4.22. The number of anilines is 2. The summed E-state index contributed by atoms with van der Waals surface area (Å²) in [7, 11) is 0. The third-order valence-corrected chi connectivity index (χ3v) is 4.22. The van der Waals surface area contributed by atoms with Crippen molar-refractivity contribution in [3.05, 3.63) is 61.1 Å². The van der Waals surface area contributed by atoms with Crippen LogP contribution in [0.3, 0.4) is 0 Å². The normalized spacial score (nSPS) is 11.0. The highest BCUT2D eigenvalue weighted by Crippen LogP contribution is 2.20. The van der Waals surface area contributed by atoms with E-state index >= 15 is 0 Å². The predicted octanol–water partition coefficient (Wildman–Crippen LogP) is 4.11. The molecule has 2 N–H and O–H groups in total. The maximum atomic E-state index is 12.4. The second-order valence-corrected chi connectivity index (χ2v) is 6.56. The van der Waals surface area contributed by atoms with Crippen molar-refractivity contribution < 1.29 is 4.79 Å². The van der Waals surface area contributed by atoms with Crippen molar-refractivity contribution in [1.82, 2.24) is 24.7 Å². The molecule has 4 aromatic rings. The topological polar surface area (TPSA) is 97.6 Å². The van der Waals surface area contributed by atoms with Gasteiger partial charge in [-0.25, -0.2) is 14.8 Å². The minimum Gasteiger partial charge on any atom is -0.310 e. The molecule has 0 bridgehead atoms. The van der Waals surface area contributed by atoms with Crippen LogP contribution in [0, 0.1) is 0 Å². The smallest absolute Gasteiger partial charge is 0.310 e. The van der Waals surface area contributed by atoms with Crippen LogP contribution in [-0.4, -0.2) is 30.8 Å². The van der Waals surface area contributed by atoms with Gasteiger partial charge in [0.1, 0.15) is 23.7 Å². The van der Waals surface area contributed by atoms with E-state index in [1.807, 2.05) is 60.9 Å². The van der Waals surface area contributed by atoms with Crippen LogP contribution in [0.2, 0.25) is 0 Å². The Morgan fingerprint density at radius 3 is 2.61 bits per heavy atom. The molecule has 2 amide bonds. The summed E-state index contributed by atoms with van der Waals surface area (Å²) in [6, 6.07) is 14.8. The number of pyridine rings is 2. The molecular weight excluding hydrogens is 354 g/mol. The number of urea groups is 1. The molecule has 0 fully saturated rings. The number of hydrogen-bond acceptors (Lipinski definition) is 5. The Hall–Kier alpha value is -3.81. The van der Waals surface area contributed by atoms with Gasteiger partial charge >= 0.3 is 6.03 Å². The molecule has 0 radical (unpaired) electrons. The predicted molar refractivity (Wildman–Crippen MR) is 108 cm³/mol. The van der Waals surface area contributed by atoms with Crippen LogP contribution in [-0.2, 0) is 0 Å². The Bertz CT molecular complexity index is 1140. The Labute approximate surface area is 161 Å². The molecule has 3 heterocycles. The van der Waals surface area contributed by atoms with Gasteiger partial charge in [0, 0.05) is 17.6 Å². The summed E-state index contributed by atoms with van der Waals surface area (Å²) in [5, 5.41) is 15.6. The fourth-order valence-electron chi connectivity index (χ4n) is 2.85. The average molecular weight is 373 g/mol. The van der Waals surface area contributed by atoms with Crippen molar-refractivity contribution >= 4 is 28.4 Å². The largest absolute Gasteiger partial charge is 0.326 e. The summed E-state index contributed by atoms with van der Waals surface area (Å²) in [5.41, 5.74) is 0.632. The standard InChI is InChI=1S/C20H19N7O/c1-13(2)27-12-22-26-19(27)16-8-5-9-17(23-16)24-20(28)25-18-10-14-6-3-4-7-15(14)11-21-18/h3-13H,1-2H3,(H2,21,23,24,25,28). The van der Waals surface area contributed by atoms with Crippen LogP contribution in [0.15, 0.2) is 61.1 Å². The average Bonchev–Trinajstić information content (AvgIpc) is 3.18. The fraction of sp³-hybridized carbons (Fsp3) is 0.150. The van der Waals surface area contributed by atoms with Gasteiger partial charge in [-0.1, -0.05) is 30.3 Å². The first-order valence-corrected chi connectivity index (χ1v) is 8.90. The number of aromatic nitrogens is 5. The number of carbonyl (C=O) groups is 1. The van der Waals surface area contributed by atoms with E-state index in [1.165, 1.54) is 0 Å². The fourth-order valence-corrected chi connectivity index (χ4v) is 2.85. The van der Waals surface area contributed by atoms with E-state index in [-0.39, 0.29) is 6.04 Å². The van der Waals surface area contributed by atoms with Crippen LogP contribution in [0.1, 0.15) is 19.9 Å². The van der Waals surface area contributed by atoms with E-state index in [1.54, 1.807) is 18.6 Å². The lowest BCUT2D eigenvalue weighted by Crippen LogP contribution is -2.20. The molecule has 140 valence electrons. The van der Waals surface area contributed by atoms with Crippen LogP contribution in [0.25, 0.3) is 22.3 Å². The van der Waals surface area contributed by atoms with E-state index in [4.69, 9.17) is 0 Å². The molecule has 0 spiro atoms. The van der Waals surface area contributed by atoms with Crippen LogP contribution >= 0.6 is 0 Å². The lowest BCUT2D eigenvalue weighted by atomic mass is 10.2. The van der Waals surface area contributed by atoms with E-state index in [2.05, 4.69) is 30.8 Å². The van der Waals surface area contributed by atoms with Crippen molar-refractivity contribution in [1.29, 1.82) is 0 Å². The van der Waals surface area contributed by atoms with E-state index in [0.29, 0.717) is 23.2 Å². The summed E-state index contributed by atoms with van der Waals surface area (Å²) >= 11 is 0. The third kappa shape index (κ3) is 3.66. The lowest BCUT2D eigenvalue weighted by molar-refractivity contribution is 0.262. The van der Waals surface area contributed by atoms with E-state index in [0.717, 1.165) is 10.8 Å². The van der Waals surface area contributed by atoms with Gasteiger partial charge in [0.05, 0.1) is 0 Å². The highest BCUT2D eigenvalue weighted by molar-refractivity contribution is 5.99. The monoisotopic (exact) mass is 373 g/mol. The molecule has 0 aliphatic carbocycles. The lowest BCUT2D eigenvalue weighted by Gasteiger charge is -2.11. The van der Waals surface area contributed by atoms with Gasteiger partial charge in [-0.05, 0) is 37.4 Å². The molecule has 4 rings (SSSR count). The number of fused-ring (bicyclic) bond motifs is 1. The SMILES string of the molecule is CC(C)n1cnnc1-c1cccc(NC(=O)Nc2cc3ccccc3cn2)n1. The molecule has 28 heavy (non-hydrogen) atoms. The van der Waals surface area contributed by atoms with Crippen molar-refractivity contribution in [3.8, 4) is 11.5 Å². The maximum absolute atomic E-state index is 12.4. The van der Waals surface area contributed by atoms with Crippen molar-refractivity contribution in [2.75, 3.05) is 10.6 Å². The van der Waals surface area contributed by atoms with Gasteiger partial charge in [0.15, 0.2) is 5.82 Å². The maximum Gasteiger partial charge on any atom is 0.326 e. The van der Waals surface area contributed by atoms with Crippen LogP contribution < -0.4 is 10.6 Å². The van der Waals surface area contributed by atoms with Gasteiger partial charge in [-0.2, -0.15) is 0 Å². The van der Waals surface area contributed by atoms with Gasteiger partial charge in [-0.15, -0.1) is 10.2 Å². The molecule has 0 saturated carbocycles. The van der Waals surface area contributed by atoms with Gasteiger partial charge in [0.2, 0.25) is 0 Å². The molecular formula is C20H19N7O. The number of benzene rings is 1. The molecule has 0 unspecified atom stereocenters. The van der Waals surface area contributed by atoms with Crippen LogP contribution in [0.4, 0.5) is 16.4 Å². The van der Waals surface area contributed by atoms with Crippen LogP contribution in [0.5, 0.6) is 0 Å². The Balaban J connectivity index is 1.50. The zero-order valence-electron chi connectivity index (χ0n) is 15.5. The van der Waals surface area contributed by atoms with E-state index in [9.17, 15) is 4.79 Å². The molecule has 1 aromatic carbocycles. The number of hydrogen-bond donors (Lipinski definition) is 2. The molecule has 3 aromatic heterocycles. The first kappa shape index (κ1) is 17.6. The highest BCUT2D eigenvalue weighted by Gasteiger charge is 2.12. The second kappa shape index (κ2) is 7.43. The molecule has 8 nitrogen and oxygen atoms in total. The zero-order chi connectivity index (χ0) is 19.5. The van der Waals surface area contributed by atoms with Crippen molar-refractivity contribution in [2.45, 2.75) is 19.9 Å². The number of rotatable bonds is 4. The number of nitrogens with zero attached hydrogens (tertiary/aromatic N) is 5. The van der Waals surface area contributed by atoms with Gasteiger partial charge < -0.3 is 4.57 Å². The highest BCUT2D eigenvalue weighted by atomic mass is 16.2. The van der Waals surface area contributed by atoms with E-state index < -0.39 is 6.03 Å². The molecule has 0 aliphatic rings. The summed E-state index contributed by atoms with van der Waals surface area (Å²) in [5.74, 6) is 1.52. The number of amides is 2. The van der Waals surface area contributed by atoms with Crippen molar-refractivity contribution in [3.63, 3.8) is 0 Å². The Morgan fingerprint density at radius 2 is 1.79 bits per heavy atom. The molecule has 0 aliphatic heterocycles. The van der Waals surface area contributed by atoms with Gasteiger partial charge in [-0.3, -0.25) is 10.6 Å².